The first-order valence-corrected chi connectivity index (χ1v) is 11.9. The number of amides is 1. The fourth-order valence-corrected chi connectivity index (χ4v) is 5.06. The lowest BCUT2D eigenvalue weighted by atomic mass is 9.94. The third-order valence-corrected chi connectivity index (χ3v) is 6.63. The average Bonchev–Trinajstić information content (AvgIpc) is 3.24. The van der Waals surface area contributed by atoms with Gasteiger partial charge in [0.2, 0.25) is 0 Å². The van der Waals surface area contributed by atoms with Crippen LogP contribution in [0.25, 0.3) is 22.4 Å². The average molecular weight is 446 g/mol. The van der Waals surface area contributed by atoms with Gasteiger partial charge in [-0.15, -0.1) is 0 Å². The second-order valence-electron chi connectivity index (χ2n) is 8.77. The van der Waals surface area contributed by atoms with Gasteiger partial charge in [0.1, 0.15) is 17.5 Å². The minimum absolute atomic E-state index is 0.203. The summed E-state index contributed by atoms with van der Waals surface area (Å²) in [5, 5.41) is 13.6. The summed E-state index contributed by atoms with van der Waals surface area (Å²) in [6, 6.07) is 32.1. The van der Waals surface area contributed by atoms with Gasteiger partial charge in [-0.1, -0.05) is 98.1 Å². The standard InChI is InChI=1S/C30H27N3O/c31-21-26-27(22-13-5-1-6-14-22)28(23-15-7-2-8-16-23)33(25-19-11-4-12-20-25)29(26)32-30(34)24-17-9-3-10-18-24/h1-3,5-10,13-18,25H,4,11-12,19-20H2,(H,32,34). The Labute approximate surface area is 200 Å². The fraction of sp³-hybridized carbons (Fsp3) is 0.200. The summed E-state index contributed by atoms with van der Waals surface area (Å²) in [6.45, 7) is 0. The summed E-state index contributed by atoms with van der Waals surface area (Å²) < 4.78 is 2.25. The lowest BCUT2D eigenvalue weighted by Gasteiger charge is -2.28. The number of hydrogen-bond acceptors (Lipinski definition) is 2. The molecule has 34 heavy (non-hydrogen) atoms. The van der Waals surface area contributed by atoms with Crippen LogP contribution in [0, 0.1) is 11.3 Å². The summed E-state index contributed by atoms with van der Waals surface area (Å²) >= 11 is 0. The topological polar surface area (TPSA) is 57.8 Å². The van der Waals surface area contributed by atoms with E-state index in [1.807, 2.05) is 66.7 Å². The predicted octanol–water partition coefficient (Wildman–Crippen LogP) is 7.45. The van der Waals surface area contributed by atoms with Crippen LogP contribution < -0.4 is 5.32 Å². The van der Waals surface area contributed by atoms with Crippen molar-refractivity contribution >= 4 is 11.7 Å². The van der Waals surface area contributed by atoms with E-state index < -0.39 is 0 Å². The zero-order valence-electron chi connectivity index (χ0n) is 19.1. The Balaban J connectivity index is 1.78. The molecule has 1 heterocycles. The number of carbonyl (C=O) groups excluding carboxylic acids is 1. The van der Waals surface area contributed by atoms with Crippen molar-refractivity contribution in [3.05, 3.63) is 102 Å². The van der Waals surface area contributed by atoms with Gasteiger partial charge in [0.15, 0.2) is 0 Å². The zero-order valence-corrected chi connectivity index (χ0v) is 19.1. The first-order chi connectivity index (χ1) is 16.8. The molecular weight excluding hydrogens is 418 g/mol. The van der Waals surface area contributed by atoms with Crippen LogP contribution in [0.3, 0.4) is 0 Å². The summed E-state index contributed by atoms with van der Waals surface area (Å²) in [5.74, 6) is 0.395. The molecule has 1 fully saturated rings. The first kappa shape index (κ1) is 21.7. The molecule has 0 aliphatic heterocycles. The van der Waals surface area contributed by atoms with E-state index in [9.17, 15) is 10.1 Å². The Bertz CT molecular complexity index is 1310. The van der Waals surface area contributed by atoms with E-state index in [4.69, 9.17) is 0 Å². The minimum atomic E-state index is -0.203. The Morgan fingerprint density at radius 3 is 1.94 bits per heavy atom. The number of anilines is 1. The van der Waals surface area contributed by atoms with Gasteiger partial charge in [-0.2, -0.15) is 5.26 Å². The monoisotopic (exact) mass is 445 g/mol. The maximum absolute atomic E-state index is 13.3. The molecule has 4 heteroatoms. The molecule has 0 radical (unpaired) electrons. The van der Waals surface area contributed by atoms with Gasteiger partial charge < -0.3 is 9.88 Å². The van der Waals surface area contributed by atoms with Gasteiger partial charge >= 0.3 is 0 Å². The third kappa shape index (κ3) is 4.13. The van der Waals surface area contributed by atoms with Crippen molar-refractivity contribution < 1.29 is 4.79 Å². The van der Waals surface area contributed by atoms with Crippen molar-refractivity contribution in [3.63, 3.8) is 0 Å². The molecule has 4 nitrogen and oxygen atoms in total. The van der Waals surface area contributed by atoms with Crippen LogP contribution in [0.4, 0.5) is 5.82 Å². The van der Waals surface area contributed by atoms with Crippen molar-refractivity contribution in [2.75, 3.05) is 5.32 Å². The molecule has 0 spiro atoms. The van der Waals surface area contributed by atoms with Crippen LogP contribution in [-0.2, 0) is 0 Å². The number of hydrogen-bond donors (Lipinski definition) is 1. The number of nitrogens with zero attached hydrogens (tertiary/aromatic N) is 2. The van der Waals surface area contributed by atoms with E-state index in [1.54, 1.807) is 12.1 Å². The molecule has 4 aromatic rings. The van der Waals surface area contributed by atoms with Gasteiger partial charge in [0.25, 0.3) is 5.91 Å². The Hall–Kier alpha value is -4.10. The number of rotatable bonds is 5. The summed E-state index contributed by atoms with van der Waals surface area (Å²) in [5.41, 5.74) is 4.98. The molecule has 3 aromatic carbocycles. The minimum Gasteiger partial charge on any atom is -0.322 e. The highest BCUT2D eigenvalue weighted by Crippen LogP contribution is 2.46. The molecule has 168 valence electrons. The third-order valence-electron chi connectivity index (χ3n) is 6.63. The summed E-state index contributed by atoms with van der Waals surface area (Å²) in [7, 11) is 0. The maximum atomic E-state index is 13.3. The second kappa shape index (κ2) is 9.80. The SMILES string of the molecule is N#Cc1c(-c2ccccc2)c(-c2ccccc2)n(C2CCCCC2)c1NC(=O)c1ccccc1. The molecule has 0 unspecified atom stereocenters. The molecule has 1 saturated carbocycles. The Kier molecular flexibility index (Phi) is 6.27. The van der Waals surface area contributed by atoms with E-state index >= 15 is 0 Å². The van der Waals surface area contributed by atoms with Crippen LogP contribution in [0.5, 0.6) is 0 Å². The van der Waals surface area contributed by atoms with Gasteiger partial charge in [0, 0.05) is 17.2 Å². The second-order valence-corrected chi connectivity index (χ2v) is 8.77. The Morgan fingerprint density at radius 1 is 0.794 bits per heavy atom. The quantitative estimate of drug-likeness (QED) is 0.347. The molecule has 1 aromatic heterocycles. The molecule has 1 aliphatic rings. The zero-order chi connectivity index (χ0) is 23.3. The van der Waals surface area contributed by atoms with Gasteiger partial charge in [-0.3, -0.25) is 4.79 Å². The number of nitriles is 1. The van der Waals surface area contributed by atoms with Crippen LogP contribution >= 0.6 is 0 Å². The Morgan fingerprint density at radius 2 is 1.35 bits per heavy atom. The molecular formula is C30H27N3O. The lowest BCUT2D eigenvalue weighted by Crippen LogP contribution is -2.20. The predicted molar refractivity (Wildman–Crippen MR) is 137 cm³/mol. The van der Waals surface area contributed by atoms with Crippen molar-refractivity contribution in [1.29, 1.82) is 5.26 Å². The smallest absolute Gasteiger partial charge is 0.256 e. The molecule has 0 atom stereocenters. The van der Waals surface area contributed by atoms with E-state index in [2.05, 4.69) is 28.1 Å². The van der Waals surface area contributed by atoms with Crippen molar-refractivity contribution in [3.8, 4) is 28.5 Å². The van der Waals surface area contributed by atoms with Crippen molar-refractivity contribution in [2.45, 2.75) is 38.1 Å². The van der Waals surface area contributed by atoms with E-state index in [1.165, 1.54) is 6.42 Å². The van der Waals surface area contributed by atoms with E-state index in [-0.39, 0.29) is 11.9 Å². The fourth-order valence-electron chi connectivity index (χ4n) is 5.06. The maximum Gasteiger partial charge on any atom is 0.256 e. The number of aromatic nitrogens is 1. The first-order valence-electron chi connectivity index (χ1n) is 11.9. The molecule has 1 N–H and O–H groups in total. The van der Waals surface area contributed by atoms with Crippen LogP contribution in [-0.4, -0.2) is 10.5 Å². The molecule has 0 bridgehead atoms. The van der Waals surface area contributed by atoms with Gasteiger partial charge in [0.05, 0.1) is 5.69 Å². The number of nitrogens with one attached hydrogen (secondary N) is 1. The highest BCUT2D eigenvalue weighted by Gasteiger charge is 2.30. The highest BCUT2D eigenvalue weighted by atomic mass is 16.1. The summed E-state index contributed by atoms with van der Waals surface area (Å²) in [6.07, 6.45) is 5.57. The molecule has 0 saturated heterocycles. The van der Waals surface area contributed by atoms with E-state index in [0.29, 0.717) is 16.9 Å². The van der Waals surface area contributed by atoms with E-state index in [0.717, 1.165) is 48.1 Å². The number of benzene rings is 3. The van der Waals surface area contributed by atoms with Crippen LogP contribution in [0.1, 0.15) is 54.1 Å². The van der Waals surface area contributed by atoms with Gasteiger partial charge in [-0.05, 0) is 36.1 Å². The van der Waals surface area contributed by atoms with Crippen LogP contribution in [0.15, 0.2) is 91.0 Å². The van der Waals surface area contributed by atoms with Crippen molar-refractivity contribution in [1.82, 2.24) is 4.57 Å². The molecule has 5 rings (SSSR count). The molecule has 1 amide bonds. The van der Waals surface area contributed by atoms with Crippen molar-refractivity contribution in [2.24, 2.45) is 0 Å². The highest BCUT2D eigenvalue weighted by molar-refractivity contribution is 6.06. The van der Waals surface area contributed by atoms with Gasteiger partial charge in [-0.25, -0.2) is 0 Å². The molecule has 1 aliphatic carbocycles. The number of carbonyl (C=O) groups is 1. The summed E-state index contributed by atoms with van der Waals surface area (Å²) in [4.78, 5) is 13.3. The van der Waals surface area contributed by atoms with Crippen LogP contribution in [0.2, 0.25) is 0 Å². The largest absolute Gasteiger partial charge is 0.322 e. The lowest BCUT2D eigenvalue weighted by molar-refractivity contribution is 0.102. The normalized spacial score (nSPS) is 13.9.